The largest absolute Gasteiger partial charge is 0.348 e. The van der Waals surface area contributed by atoms with Crippen LogP contribution in [0.3, 0.4) is 0 Å². The first-order valence-electron chi connectivity index (χ1n) is 7.29. The van der Waals surface area contributed by atoms with Crippen molar-refractivity contribution in [3.05, 3.63) is 28.5 Å². The van der Waals surface area contributed by atoms with Gasteiger partial charge in [0.05, 0.1) is 0 Å². The molecule has 0 aromatic carbocycles. The molecule has 2 saturated heterocycles. The normalized spacial score (nSPS) is 30.0. The molecule has 3 rings (SSSR count). The molecule has 2 aliphatic rings. The summed E-state index contributed by atoms with van der Waals surface area (Å²) in [6.45, 7) is 0. The number of nitrogens with one attached hydrogen (secondary N) is 1. The molecule has 0 aliphatic carbocycles. The van der Waals surface area contributed by atoms with Gasteiger partial charge in [-0.3, -0.25) is 4.79 Å². The third-order valence-corrected chi connectivity index (χ3v) is 5.06. The number of carbonyl (C=O) groups is 1. The number of aromatic nitrogens is 1. The first kappa shape index (κ1) is 14.0. The average Bonchev–Trinajstić information content (AvgIpc) is 2.40. The molecular weight excluding hydrogens is 318 g/mol. The summed E-state index contributed by atoms with van der Waals surface area (Å²) in [4.78, 5) is 19.0. The fourth-order valence-corrected chi connectivity index (χ4v) is 3.87. The van der Waals surface area contributed by atoms with Gasteiger partial charge in [0.1, 0.15) is 10.3 Å². The highest BCUT2D eigenvalue weighted by Crippen LogP contribution is 2.32. The Morgan fingerprint density at radius 2 is 2.05 bits per heavy atom. The second-order valence-electron chi connectivity index (χ2n) is 5.89. The maximum absolute atomic E-state index is 12.3. The van der Waals surface area contributed by atoms with Gasteiger partial charge in [0.15, 0.2) is 0 Å². The Kier molecular flexibility index (Phi) is 4.08. The van der Waals surface area contributed by atoms with E-state index in [0.717, 1.165) is 12.8 Å². The van der Waals surface area contributed by atoms with Gasteiger partial charge in [-0.05, 0) is 60.8 Å². The molecule has 2 bridgehead atoms. The van der Waals surface area contributed by atoms with E-state index in [2.05, 4.69) is 38.2 Å². The van der Waals surface area contributed by atoms with Crippen molar-refractivity contribution in [3.63, 3.8) is 0 Å². The zero-order valence-corrected chi connectivity index (χ0v) is 13.3. The second-order valence-corrected chi connectivity index (χ2v) is 6.70. The Bertz CT molecular complexity index is 494. The van der Waals surface area contributed by atoms with Crippen molar-refractivity contribution in [1.29, 1.82) is 0 Å². The van der Waals surface area contributed by atoms with Crippen LogP contribution in [0.2, 0.25) is 0 Å². The van der Waals surface area contributed by atoms with Crippen LogP contribution in [0.5, 0.6) is 0 Å². The molecule has 1 aromatic heterocycles. The van der Waals surface area contributed by atoms with Gasteiger partial charge in [0.25, 0.3) is 5.91 Å². The highest BCUT2D eigenvalue weighted by molar-refractivity contribution is 9.10. The number of hydrogen-bond donors (Lipinski definition) is 1. The van der Waals surface area contributed by atoms with E-state index < -0.39 is 0 Å². The lowest BCUT2D eigenvalue weighted by atomic mass is 9.82. The SMILES string of the molecule is CN1C2CCCC1CC(NC(=O)c1cccc(Br)n1)C2. The highest BCUT2D eigenvalue weighted by Gasteiger charge is 2.36. The van der Waals surface area contributed by atoms with Crippen LogP contribution in [0, 0.1) is 0 Å². The number of carbonyl (C=O) groups excluding carboxylic acids is 1. The number of hydrogen-bond acceptors (Lipinski definition) is 3. The number of pyridine rings is 1. The van der Waals surface area contributed by atoms with E-state index in [0.29, 0.717) is 22.4 Å². The predicted octanol–water partition coefficient (Wildman–Crippen LogP) is 2.59. The summed E-state index contributed by atoms with van der Waals surface area (Å²) in [5.74, 6) is -0.0565. The van der Waals surface area contributed by atoms with E-state index in [1.165, 1.54) is 19.3 Å². The summed E-state index contributed by atoms with van der Waals surface area (Å²) in [6, 6.07) is 6.98. The molecule has 0 spiro atoms. The van der Waals surface area contributed by atoms with Crippen LogP contribution in [0.15, 0.2) is 22.8 Å². The van der Waals surface area contributed by atoms with Crippen molar-refractivity contribution in [2.45, 2.75) is 50.2 Å². The van der Waals surface area contributed by atoms with Crippen LogP contribution in [-0.2, 0) is 0 Å². The molecule has 108 valence electrons. The van der Waals surface area contributed by atoms with E-state index in [1.54, 1.807) is 6.07 Å². The molecule has 2 unspecified atom stereocenters. The van der Waals surface area contributed by atoms with Crippen LogP contribution >= 0.6 is 15.9 Å². The number of rotatable bonds is 2. The smallest absolute Gasteiger partial charge is 0.270 e. The minimum atomic E-state index is -0.0565. The van der Waals surface area contributed by atoms with Gasteiger partial charge in [-0.25, -0.2) is 4.98 Å². The summed E-state index contributed by atoms with van der Waals surface area (Å²) >= 11 is 3.31. The Morgan fingerprint density at radius 1 is 1.35 bits per heavy atom. The van der Waals surface area contributed by atoms with Crippen LogP contribution in [-0.4, -0.2) is 41.0 Å². The van der Waals surface area contributed by atoms with E-state index >= 15 is 0 Å². The van der Waals surface area contributed by atoms with Gasteiger partial charge in [-0.2, -0.15) is 0 Å². The van der Waals surface area contributed by atoms with Crippen molar-refractivity contribution in [3.8, 4) is 0 Å². The molecule has 2 atom stereocenters. The maximum atomic E-state index is 12.3. The zero-order valence-electron chi connectivity index (χ0n) is 11.7. The topological polar surface area (TPSA) is 45.2 Å². The molecule has 1 amide bonds. The Hall–Kier alpha value is -0.940. The molecular formula is C15H20BrN3O. The second kappa shape index (κ2) is 5.82. The Morgan fingerprint density at radius 3 is 2.70 bits per heavy atom. The minimum Gasteiger partial charge on any atom is -0.348 e. The van der Waals surface area contributed by atoms with E-state index in [1.807, 2.05) is 12.1 Å². The number of halogens is 1. The summed E-state index contributed by atoms with van der Waals surface area (Å²) in [6.07, 6.45) is 5.97. The number of piperidine rings is 2. The van der Waals surface area contributed by atoms with E-state index in [4.69, 9.17) is 0 Å². The van der Waals surface area contributed by atoms with E-state index in [9.17, 15) is 4.79 Å². The number of nitrogens with zero attached hydrogens (tertiary/aromatic N) is 2. The van der Waals surface area contributed by atoms with E-state index in [-0.39, 0.29) is 11.9 Å². The molecule has 20 heavy (non-hydrogen) atoms. The molecule has 0 radical (unpaired) electrons. The fourth-order valence-electron chi connectivity index (χ4n) is 3.53. The quantitative estimate of drug-likeness (QED) is 0.843. The predicted molar refractivity (Wildman–Crippen MR) is 81.6 cm³/mol. The van der Waals surface area contributed by atoms with Crippen molar-refractivity contribution in [2.75, 3.05) is 7.05 Å². The first-order valence-corrected chi connectivity index (χ1v) is 8.08. The molecule has 1 aromatic rings. The third kappa shape index (κ3) is 2.88. The van der Waals surface area contributed by atoms with Crippen LogP contribution in [0.25, 0.3) is 0 Å². The molecule has 5 heteroatoms. The molecule has 2 fully saturated rings. The summed E-state index contributed by atoms with van der Waals surface area (Å²) in [5, 5.41) is 3.16. The number of fused-ring (bicyclic) bond motifs is 2. The Labute approximate surface area is 128 Å². The van der Waals surface area contributed by atoms with Crippen molar-refractivity contribution < 1.29 is 4.79 Å². The van der Waals surface area contributed by atoms with Gasteiger partial charge in [0, 0.05) is 18.1 Å². The molecule has 2 aliphatic heterocycles. The van der Waals surface area contributed by atoms with Crippen LogP contribution in [0.4, 0.5) is 0 Å². The molecule has 3 heterocycles. The lowest BCUT2D eigenvalue weighted by Crippen LogP contribution is -2.55. The highest BCUT2D eigenvalue weighted by atomic mass is 79.9. The van der Waals surface area contributed by atoms with Crippen LogP contribution in [0.1, 0.15) is 42.6 Å². The minimum absolute atomic E-state index is 0.0565. The molecule has 0 saturated carbocycles. The Balaban J connectivity index is 1.65. The first-order chi connectivity index (χ1) is 9.63. The fraction of sp³-hybridized carbons (Fsp3) is 0.600. The molecule has 1 N–H and O–H groups in total. The van der Waals surface area contributed by atoms with Crippen LogP contribution < -0.4 is 5.32 Å². The van der Waals surface area contributed by atoms with Gasteiger partial charge in [-0.15, -0.1) is 0 Å². The van der Waals surface area contributed by atoms with Crippen molar-refractivity contribution in [1.82, 2.24) is 15.2 Å². The monoisotopic (exact) mass is 337 g/mol. The maximum Gasteiger partial charge on any atom is 0.270 e. The lowest BCUT2D eigenvalue weighted by Gasteiger charge is -2.47. The van der Waals surface area contributed by atoms with Gasteiger partial charge >= 0.3 is 0 Å². The standard InChI is InChI=1S/C15H20BrN3O/c1-19-11-4-2-5-12(19)9-10(8-11)17-15(20)13-6-3-7-14(16)18-13/h3,6-7,10-12H,2,4-5,8-9H2,1H3,(H,17,20). The van der Waals surface area contributed by atoms with Gasteiger partial charge in [-0.1, -0.05) is 12.5 Å². The van der Waals surface area contributed by atoms with Crippen molar-refractivity contribution >= 4 is 21.8 Å². The number of amides is 1. The third-order valence-electron chi connectivity index (χ3n) is 4.62. The lowest BCUT2D eigenvalue weighted by molar-refractivity contribution is 0.0462. The van der Waals surface area contributed by atoms with Crippen molar-refractivity contribution in [2.24, 2.45) is 0 Å². The zero-order chi connectivity index (χ0) is 14.1. The summed E-state index contributed by atoms with van der Waals surface area (Å²) < 4.78 is 0.699. The summed E-state index contributed by atoms with van der Waals surface area (Å²) in [7, 11) is 2.22. The molecule has 4 nitrogen and oxygen atoms in total. The van der Waals surface area contributed by atoms with Gasteiger partial charge in [0.2, 0.25) is 0 Å². The average molecular weight is 338 g/mol. The summed E-state index contributed by atoms with van der Waals surface area (Å²) in [5.41, 5.74) is 0.489. The van der Waals surface area contributed by atoms with Gasteiger partial charge < -0.3 is 10.2 Å².